The Labute approximate surface area is 167 Å². The first-order valence-electron chi connectivity index (χ1n) is 9.16. The molecule has 140 valence electrons. The topological polar surface area (TPSA) is 75.8 Å². The number of nitrogens with two attached hydrogens (primary N) is 1. The molecule has 0 aromatic carbocycles. The second-order valence-electron chi connectivity index (χ2n) is 6.62. The molecule has 0 radical (unpaired) electrons. The second-order valence-corrected chi connectivity index (χ2v) is 6.62. The highest BCUT2D eigenvalue weighted by atomic mass is 127. The lowest BCUT2D eigenvalue weighted by atomic mass is 10.1. The quantitative estimate of drug-likeness (QED) is 0.314. The molecule has 7 heteroatoms. The van der Waals surface area contributed by atoms with Crippen LogP contribution in [0.1, 0.15) is 44.1 Å². The number of pyridine rings is 1. The largest absolute Gasteiger partial charge is 0.378 e. The van der Waals surface area contributed by atoms with Crippen molar-refractivity contribution < 1.29 is 4.74 Å². The second kappa shape index (κ2) is 10.8. The summed E-state index contributed by atoms with van der Waals surface area (Å²) >= 11 is 0. The molecule has 0 amide bonds. The van der Waals surface area contributed by atoms with Gasteiger partial charge in [-0.1, -0.05) is 31.7 Å². The van der Waals surface area contributed by atoms with Crippen molar-refractivity contribution in [3.8, 4) is 0 Å². The van der Waals surface area contributed by atoms with Gasteiger partial charge >= 0.3 is 0 Å². The number of nitrogens with one attached hydrogen (secondary N) is 1. The number of hydrogen-bond donors (Lipinski definition) is 2. The van der Waals surface area contributed by atoms with Crippen molar-refractivity contribution in [2.24, 2.45) is 10.7 Å². The fourth-order valence-corrected chi connectivity index (χ4v) is 3.46. The van der Waals surface area contributed by atoms with Crippen molar-refractivity contribution in [3.05, 3.63) is 23.9 Å². The van der Waals surface area contributed by atoms with Gasteiger partial charge in [0.25, 0.3) is 0 Å². The lowest BCUT2D eigenvalue weighted by Gasteiger charge is -2.29. The molecule has 1 saturated heterocycles. The van der Waals surface area contributed by atoms with Crippen molar-refractivity contribution in [1.29, 1.82) is 0 Å². The Morgan fingerprint density at radius 2 is 1.96 bits per heavy atom. The third-order valence-corrected chi connectivity index (χ3v) is 4.81. The lowest BCUT2D eigenvalue weighted by Crippen LogP contribution is -2.40. The van der Waals surface area contributed by atoms with Gasteiger partial charge in [0, 0.05) is 30.9 Å². The van der Waals surface area contributed by atoms with Crippen molar-refractivity contribution in [1.82, 2.24) is 10.3 Å². The van der Waals surface area contributed by atoms with E-state index in [9.17, 15) is 0 Å². The number of morpholine rings is 1. The highest BCUT2D eigenvalue weighted by Gasteiger charge is 2.16. The molecule has 2 heterocycles. The molecule has 0 atom stereocenters. The molecule has 2 fully saturated rings. The summed E-state index contributed by atoms with van der Waals surface area (Å²) in [4.78, 5) is 11.4. The predicted octanol–water partition coefficient (Wildman–Crippen LogP) is 2.66. The maximum atomic E-state index is 6.12. The zero-order valence-electron chi connectivity index (χ0n) is 14.8. The number of aromatic nitrogens is 1. The molecule has 2 aliphatic rings. The highest BCUT2D eigenvalue weighted by Crippen LogP contribution is 2.20. The van der Waals surface area contributed by atoms with Gasteiger partial charge in [-0.15, -0.1) is 24.0 Å². The number of nitrogens with zero attached hydrogens (tertiary/aromatic N) is 3. The van der Waals surface area contributed by atoms with E-state index in [1.54, 1.807) is 0 Å². The van der Waals surface area contributed by atoms with Gasteiger partial charge in [-0.2, -0.15) is 0 Å². The normalized spacial score (nSPS) is 19.8. The number of aliphatic imine (C=N–C) groups is 1. The van der Waals surface area contributed by atoms with Gasteiger partial charge in [-0.25, -0.2) is 9.98 Å². The fraction of sp³-hybridized carbons (Fsp3) is 0.667. The molecule has 1 saturated carbocycles. The van der Waals surface area contributed by atoms with Gasteiger partial charge < -0.3 is 20.7 Å². The molecular weight excluding hydrogens is 429 g/mol. The number of hydrogen-bond acceptors (Lipinski definition) is 4. The van der Waals surface area contributed by atoms with Crippen molar-refractivity contribution in [2.75, 3.05) is 31.2 Å². The molecule has 0 bridgehead atoms. The van der Waals surface area contributed by atoms with Gasteiger partial charge in [-0.3, -0.25) is 0 Å². The predicted molar refractivity (Wildman–Crippen MR) is 113 cm³/mol. The molecule has 0 unspecified atom stereocenters. The Bertz CT molecular complexity index is 540. The van der Waals surface area contributed by atoms with Crippen LogP contribution in [0.15, 0.2) is 23.3 Å². The fourth-order valence-electron chi connectivity index (χ4n) is 3.46. The minimum Gasteiger partial charge on any atom is -0.378 e. The molecule has 1 aliphatic heterocycles. The van der Waals surface area contributed by atoms with Crippen molar-refractivity contribution >= 4 is 35.8 Å². The first-order chi connectivity index (χ1) is 11.8. The Morgan fingerprint density at radius 3 is 2.68 bits per heavy atom. The summed E-state index contributed by atoms with van der Waals surface area (Å²) in [6.07, 6.45) is 9.49. The third-order valence-electron chi connectivity index (χ3n) is 4.81. The summed E-state index contributed by atoms with van der Waals surface area (Å²) < 4.78 is 5.43. The summed E-state index contributed by atoms with van der Waals surface area (Å²) in [6, 6.07) is 4.52. The van der Waals surface area contributed by atoms with Crippen LogP contribution < -0.4 is 16.0 Å². The van der Waals surface area contributed by atoms with E-state index in [2.05, 4.69) is 26.3 Å². The Kier molecular flexibility index (Phi) is 8.74. The molecule has 3 N–H and O–H groups in total. The summed E-state index contributed by atoms with van der Waals surface area (Å²) in [7, 11) is 0. The zero-order valence-corrected chi connectivity index (χ0v) is 17.2. The van der Waals surface area contributed by atoms with E-state index < -0.39 is 0 Å². The number of rotatable bonds is 4. The molecule has 25 heavy (non-hydrogen) atoms. The maximum absolute atomic E-state index is 6.12. The third kappa shape index (κ3) is 6.29. The first kappa shape index (κ1) is 20.2. The number of halogens is 1. The van der Waals surface area contributed by atoms with Crippen LogP contribution in [0.3, 0.4) is 0 Å². The summed E-state index contributed by atoms with van der Waals surface area (Å²) in [5.41, 5.74) is 7.23. The van der Waals surface area contributed by atoms with Crippen LogP contribution in [0.2, 0.25) is 0 Å². The maximum Gasteiger partial charge on any atom is 0.189 e. The van der Waals surface area contributed by atoms with Crippen LogP contribution in [0.25, 0.3) is 0 Å². The first-order valence-corrected chi connectivity index (χ1v) is 9.16. The number of anilines is 1. The average Bonchev–Trinajstić information content (AvgIpc) is 2.90. The van der Waals surface area contributed by atoms with Gasteiger partial charge in [0.15, 0.2) is 5.96 Å². The summed E-state index contributed by atoms with van der Waals surface area (Å²) in [5.74, 6) is 1.56. The zero-order chi connectivity index (χ0) is 16.6. The monoisotopic (exact) mass is 459 g/mol. The van der Waals surface area contributed by atoms with Crippen LogP contribution in [0.4, 0.5) is 5.82 Å². The van der Waals surface area contributed by atoms with Crippen LogP contribution in [0.5, 0.6) is 0 Å². The molecule has 1 aromatic rings. The van der Waals surface area contributed by atoms with E-state index >= 15 is 0 Å². The van der Waals surface area contributed by atoms with Gasteiger partial charge in [0.2, 0.25) is 0 Å². The van der Waals surface area contributed by atoms with Gasteiger partial charge in [0.05, 0.1) is 19.8 Å². The van der Waals surface area contributed by atoms with E-state index in [0.717, 1.165) is 37.7 Å². The average molecular weight is 459 g/mol. The van der Waals surface area contributed by atoms with Crippen molar-refractivity contribution in [3.63, 3.8) is 0 Å². The Balaban J connectivity index is 0.00000225. The molecular formula is C18H30IN5O. The van der Waals surface area contributed by atoms with E-state index in [-0.39, 0.29) is 24.0 Å². The molecule has 0 spiro atoms. The molecule has 1 aliphatic carbocycles. The van der Waals surface area contributed by atoms with Crippen LogP contribution in [-0.2, 0) is 11.3 Å². The van der Waals surface area contributed by atoms with Crippen molar-refractivity contribution in [2.45, 2.75) is 51.1 Å². The Morgan fingerprint density at radius 1 is 1.24 bits per heavy atom. The summed E-state index contributed by atoms with van der Waals surface area (Å²) in [6.45, 7) is 3.83. The van der Waals surface area contributed by atoms with Crippen LogP contribution >= 0.6 is 24.0 Å². The van der Waals surface area contributed by atoms with Gasteiger partial charge in [-0.05, 0) is 18.9 Å². The van der Waals surface area contributed by atoms with E-state index in [0.29, 0.717) is 18.5 Å². The number of guanidine groups is 1. The minimum atomic E-state index is 0. The van der Waals surface area contributed by atoms with E-state index in [1.165, 1.54) is 38.5 Å². The molecule has 3 rings (SSSR count). The summed E-state index contributed by atoms with van der Waals surface area (Å²) in [5, 5.41) is 3.40. The number of ether oxygens (including phenoxy) is 1. The molecule has 6 nitrogen and oxygen atoms in total. The highest BCUT2D eigenvalue weighted by molar-refractivity contribution is 14.0. The van der Waals surface area contributed by atoms with E-state index in [1.807, 2.05) is 12.3 Å². The minimum absolute atomic E-state index is 0. The smallest absolute Gasteiger partial charge is 0.189 e. The molecule has 1 aromatic heterocycles. The van der Waals surface area contributed by atoms with Crippen LogP contribution in [0, 0.1) is 0 Å². The van der Waals surface area contributed by atoms with Gasteiger partial charge in [0.1, 0.15) is 5.82 Å². The van der Waals surface area contributed by atoms with Crippen LogP contribution in [-0.4, -0.2) is 43.3 Å². The van der Waals surface area contributed by atoms with E-state index in [4.69, 9.17) is 10.5 Å². The lowest BCUT2D eigenvalue weighted by molar-refractivity contribution is 0.122. The SMILES string of the molecule is I.NC(=NCc1cccnc1N1CCOCC1)NC1CCCCCC1. The standard InChI is InChI=1S/C18H29N5O.HI/c19-18(22-16-7-3-1-2-4-8-16)21-14-15-6-5-9-20-17(15)23-10-12-24-13-11-23;/h5-6,9,16H,1-4,7-8,10-14H2,(H3,19,21,22);1H. The Hall–Kier alpha value is -1.09.